The number of nitrogens with one attached hydrogen (secondary N) is 1. The lowest BCUT2D eigenvalue weighted by molar-refractivity contribution is -0.127. The van der Waals surface area contributed by atoms with E-state index >= 15 is 0 Å². The summed E-state index contributed by atoms with van der Waals surface area (Å²) in [5.41, 5.74) is 6.27. The van der Waals surface area contributed by atoms with E-state index in [1.54, 1.807) is 31.2 Å². The largest absolute Gasteiger partial charge is 0.481 e. The minimum absolute atomic E-state index is 0.0977. The number of amides is 1. The van der Waals surface area contributed by atoms with Gasteiger partial charge in [-0.3, -0.25) is 4.79 Å². The van der Waals surface area contributed by atoms with Crippen molar-refractivity contribution in [3.05, 3.63) is 29.8 Å². The smallest absolute Gasteiger partial charge is 0.260 e. The van der Waals surface area contributed by atoms with Gasteiger partial charge in [0, 0.05) is 11.6 Å². The van der Waals surface area contributed by atoms with Gasteiger partial charge in [-0.1, -0.05) is 12.2 Å². The van der Waals surface area contributed by atoms with Gasteiger partial charge in [-0.2, -0.15) is 0 Å². The Bertz CT molecular complexity index is 429. The first-order valence-corrected chi connectivity index (χ1v) is 6.18. The number of thiocarbonyl (C=S) groups is 1. The average molecular weight is 266 g/mol. The molecule has 0 fully saturated rings. The quantitative estimate of drug-likeness (QED) is 0.795. The van der Waals surface area contributed by atoms with Gasteiger partial charge < -0.3 is 15.8 Å². The Morgan fingerprint density at radius 2 is 1.83 bits per heavy atom. The summed E-state index contributed by atoms with van der Waals surface area (Å²) in [7, 11) is 0. The van der Waals surface area contributed by atoms with Gasteiger partial charge in [0.2, 0.25) is 0 Å². The lowest BCUT2D eigenvalue weighted by atomic mass is 10.2. The first-order chi connectivity index (χ1) is 8.40. The van der Waals surface area contributed by atoms with E-state index < -0.39 is 6.10 Å². The normalized spacial score (nSPS) is 12.0. The second kappa shape index (κ2) is 6.35. The monoisotopic (exact) mass is 266 g/mol. The summed E-state index contributed by atoms with van der Waals surface area (Å²) < 4.78 is 5.52. The predicted octanol–water partition coefficient (Wildman–Crippen LogP) is 1.61. The van der Waals surface area contributed by atoms with Crippen molar-refractivity contribution in [1.29, 1.82) is 0 Å². The lowest BCUT2D eigenvalue weighted by Crippen LogP contribution is -2.40. The van der Waals surface area contributed by atoms with Crippen molar-refractivity contribution in [3.8, 4) is 5.75 Å². The minimum Gasteiger partial charge on any atom is -0.481 e. The molecule has 0 bridgehead atoms. The molecule has 1 aromatic rings. The molecule has 0 aliphatic heterocycles. The molecular weight excluding hydrogens is 248 g/mol. The molecule has 0 heterocycles. The van der Waals surface area contributed by atoms with Gasteiger partial charge in [-0.25, -0.2) is 0 Å². The zero-order chi connectivity index (χ0) is 13.7. The molecule has 5 heteroatoms. The van der Waals surface area contributed by atoms with Crippen LogP contribution < -0.4 is 15.8 Å². The molecule has 0 radical (unpaired) electrons. The van der Waals surface area contributed by atoms with E-state index in [2.05, 4.69) is 5.32 Å². The fourth-order valence-electron chi connectivity index (χ4n) is 1.36. The fourth-order valence-corrected chi connectivity index (χ4v) is 1.49. The Morgan fingerprint density at radius 1 is 1.28 bits per heavy atom. The number of ether oxygens (including phenoxy) is 1. The maximum Gasteiger partial charge on any atom is 0.260 e. The van der Waals surface area contributed by atoms with Crippen LogP contribution in [0.3, 0.4) is 0 Å². The molecule has 18 heavy (non-hydrogen) atoms. The molecule has 1 amide bonds. The van der Waals surface area contributed by atoms with Crippen molar-refractivity contribution >= 4 is 23.1 Å². The Balaban J connectivity index is 2.61. The topological polar surface area (TPSA) is 64.3 Å². The maximum absolute atomic E-state index is 11.7. The maximum atomic E-state index is 11.7. The van der Waals surface area contributed by atoms with Crippen LogP contribution in [-0.2, 0) is 4.79 Å². The van der Waals surface area contributed by atoms with Gasteiger partial charge in [0.1, 0.15) is 10.7 Å². The van der Waals surface area contributed by atoms with Crippen molar-refractivity contribution in [3.63, 3.8) is 0 Å². The molecule has 0 aliphatic carbocycles. The molecule has 0 aromatic heterocycles. The standard InChI is InChI=1S/C13H18N2O2S/c1-8(2)15-13(16)9(3)17-11-6-4-10(5-7-11)12(14)18/h4-9H,1-3H3,(H2,14,18)(H,15,16). The summed E-state index contributed by atoms with van der Waals surface area (Å²) in [5, 5.41) is 2.79. The lowest BCUT2D eigenvalue weighted by Gasteiger charge is -2.16. The molecule has 0 saturated carbocycles. The van der Waals surface area contributed by atoms with Gasteiger partial charge in [0.25, 0.3) is 5.91 Å². The Labute approximate surface area is 113 Å². The molecule has 1 unspecified atom stereocenters. The number of hydrogen-bond acceptors (Lipinski definition) is 3. The van der Waals surface area contributed by atoms with Gasteiger partial charge >= 0.3 is 0 Å². The summed E-state index contributed by atoms with van der Waals surface area (Å²) in [5.74, 6) is 0.477. The SMILES string of the molecule is CC(C)NC(=O)C(C)Oc1ccc(C(N)=S)cc1. The van der Waals surface area contributed by atoms with E-state index in [1.165, 1.54) is 0 Å². The van der Waals surface area contributed by atoms with Crippen LogP contribution in [-0.4, -0.2) is 23.0 Å². The summed E-state index contributed by atoms with van der Waals surface area (Å²) in [6.07, 6.45) is -0.539. The van der Waals surface area contributed by atoms with Crippen LogP contribution in [0, 0.1) is 0 Å². The number of hydrogen-bond donors (Lipinski definition) is 2. The fraction of sp³-hybridized carbons (Fsp3) is 0.385. The summed E-state index contributed by atoms with van der Waals surface area (Å²) >= 11 is 4.85. The van der Waals surface area contributed by atoms with Crippen molar-refractivity contribution in [2.24, 2.45) is 5.73 Å². The van der Waals surface area contributed by atoms with Gasteiger partial charge in [-0.05, 0) is 45.0 Å². The van der Waals surface area contributed by atoms with Crippen LogP contribution in [0.15, 0.2) is 24.3 Å². The molecule has 1 aromatic carbocycles. The van der Waals surface area contributed by atoms with Crippen molar-refractivity contribution in [1.82, 2.24) is 5.32 Å². The zero-order valence-corrected chi connectivity index (χ0v) is 11.6. The molecule has 0 saturated heterocycles. The third-order valence-electron chi connectivity index (χ3n) is 2.25. The highest BCUT2D eigenvalue weighted by atomic mass is 32.1. The zero-order valence-electron chi connectivity index (χ0n) is 10.8. The van der Waals surface area contributed by atoms with E-state index in [4.69, 9.17) is 22.7 Å². The van der Waals surface area contributed by atoms with Gasteiger partial charge in [0.05, 0.1) is 0 Å². The van der Waals surface area contributed by atoms with Crippen LogP contribution in [0.25, 0.3) is 0 Å². The van der Waals surface area contributed by atoms with Crippen LogP contribution in [0.5, 0.6) is 5.75 Å². The third-order valence-corrected chi connectivity index (χ3v) is 2.49. The highest BCUT2D eigenvalue weighted by Crippen LogP contribution is 2.14. The summed E-state index contributed by atoms with van der Waals surface area (Å²) in [4.78, 5) is 12.0. The van der Waals surface area contributed by atoms with Crippen LogP contribution >= 0.6 is 12.2 Å². The summed E-state index contributed by atoms with van der Waals surface area (Å²) in [6, 6.07) is 7.12. The second-order valence-corrected chi connectivity index (χ2v) is 4.75. The highest BCUT2D eigenvalue weighted by Gasteiger charge is 2.15. The number of benzene rings is 1. The van der Waals surface area contributed by atoms with E-state index in [-0.39, 0.29) is 11.9 Å². The third kappa shape index (κ3) is 4.33. The van der Waals surface area contributed by atoms with E-state index in [9.17, 15) is 4.79 Å². The first kappa shape index (κ1) is 14.4. The van der Waals surface area contributed by atoms with Crippen LogP contribution in [0.2, 0.25) is 0 Å². The number of nitrogens with two attached hydrogens (primary N) is 1. The number of rotatable bonds is 5. The molecular formula is C13H18N2O2S. The number of carbonyl (C=O) groups is 1. The van der Waals surface area contributed by atoms with Crippen LogP contribution in [0.4, 0.5) is 0 Å². The summed E-state index contributed by atoms with van der Waals surface area (Å²) in [6.45, 7) is 5.52. The average Bonchev–Trinajstić information content (AvgIpc) is 2.28. The van der Waals surface area contributed by atoms with E-state index in [0.29, 0.717) is 10.7 Å². The minimum atomic E-state index is -0.539. The Morgan fingerprint density at radius 3 is 2.28 bits per heavy atom. The molecule has 0 aliphatic rings. The van der Waals surface area contributed by atoms with Gasteiger partial charge in [0.15, 0.2) is 6.10 Å². The highest BCUT2D eigenvalue weighted by molar-refractivity contribution is 7.80. The van der Waals surface area contributed by atoms with Crippen molar-refractivity contribution in [2.75, 3.05) is 0 Å². The van der Waals surface area contributed by atoms with Crippen LogP contribution in [0.1, 0.15) is 26.3 Å². The molecule has 1 rings (SSSR count). The predicted molar refractivity (Wildman–Crippen MR) is 75.7 cm³/mol. The Kier molecular flexibility index (Phi) is 5.09. The van der Waals surface area contributed by atoms with E-state index in [0.717, 1.165) is 5.56 Å². The molecule has 0 spiro atoms. The number of carbonyl (C=O) groups excluding carboxylic acids is 1. The Hall–Kier alpha value is -1.62. The first-order valence-electron chi connectivity index (χ1n) is 5.77. The molecule has 98 valence electrons. The van der Waals surface area contributed by atoms with E-state index in [1.807, 2.05) is 13.8 Å². The molecule has 1 atom stereocenters. The second-order valence-electron chi connectivity index (χ2n) is 4.31. The molecule has 3 N–H and O–H groups in total. The molecule has 4 nitrogen and oxygen atoms in total. The van der Waals surface area contributed by atoms with Gasteiger partial charge in [-0.15, -0.1) is 0 Å². The van der Waals surface area contributed by atoms with Crippen molar-refractivity contribution in [2.45, 2.75) is 32.9 Å². The van der Waals surface area contributed by atoms with Crippen molar-refractivity contribution < 1.29 is 9.53 Å².